The second kappa shape index (κ2) is 4.27. The van der Waals surface area contributed by atoms with Gasteiger partial charge in [-0.05, 0) is 0 Å². The van der Waals surface area contributed by atoms with Gasteiger partial charge in [0.1, 0.15) is 0 Å². The molecule has 0 spiro atoms. The Labute approximate surface area is 75.9 Å². The van der Waals surface area contributed by atoms with Crippen LogP contribution in [0.1, 0.15) is 0 Å². The monoisotopic (exact) mass is 230 g/mol. The Morgan fingerprint density at radius 1 is 0.929 bits per heavy atom. The first-order chi connectivity index (χ1) is 6.23. The quantitative estimate of drug-likeness (QED) is 0.479. The molecule has 14 heavy (non-hydrogen) atoms. The summed E-state index contributed by atoms with van der Waals surface area (Å²) in [5.41, 5.74) is 0. The largest absolute Gasteiger partial charge is 0.536 e. The Morgan fingerprint density at radius 3 is 1.79 bits per heavy atom. The summed E-state index contributed by atoms with van der Waals surface area (Å²) < 4.78 is 30.0. The van der Waals surface area contributed by atoms with Crippen LogP contribution in [0.25, 0.3) is 0 Å². The van der Waals surface area contributed by atoms with Crippen LogP contribution in [0.5, 0.6) is 0 Å². The summed E-state index contributed by atoms with van der Waals surface area (Å²) >= 11 is 0. The van der Waals surface area contributed by atoms with Gasteiger partial charge in [0, 0.05) is 0 Å². The highest BCUT2D eigenvalue weighted by atomic mass is 32.3. The maximum absolute atomic E-state index is 10.3. The van der Waals surface area contributed by atoms with E-state index in [1.165, 1.54) is 0 Å². The average molecular weight is 230 g/mol. The first-order valence-electron chi connectivity index (χ1n) is 2.54. The van der Waals surface area contributed by atoms with Crippen LogP contribution in [0.4, 0.5) is 14.4 Å². The molecule has 80 valence electrons. The third-order valence-electron chi connectivity index (χ3n) is 0.514. The minimum atomic E-state index is -5.16. The van der Waals surface area contributed by atoms with Crippen molar-refractivity contribution in [3.05, 3.63) is 0 Å². The van der Waals surface area contributed by atoms with Gasteiger partial charge >= 0.3 is 28.9 Å². The van der Waals surface area contributed by atoms with Gasteiger partial charge in [0.15, 0.2) is 0 Å². The van der Waals surface area contributed by atoms with Gasteiger partial charge in [-0.2, -0.15) is 0 Å². The zero-order chi connectivity index (χ0) is 11.4. The summed E-state index contributed by atoms with van der Waals surface area (Å²) in [6.07, 6.45) is -6.53. The molecule has 0 bridgehead atoms. The summed E-state index contributed by atoms with van der Waals surface area (Å²) in [6.45, 7) is 0. The van der Waals surface area contributed by atoms with Crippen molar-refractivity contribution < 1.29 is 46.1 Å². The Bertz CT molecular complexity index is 350. The minimum Gasteiger partial charge on any atom is -0.449 e. The Kier molecular flexibility index (Phi) is 3.65. The van der Waals surface area contributed by atoms with Gasteiger partial charge in [-0.25, -0.2) is 14.4 Å². The number of carbonyl (C=O) groups excluding carboxylic acids is 1. The van der Waals surface area contributed by atoms with E-state index >= 15 is 0 Å². The van der Waals surface area contributed by atoms with Crippen LogP contribution < -0.4 is 0 Å². The van der Waals surface area contributed by atoms with Gasteiger partial charge in [-0.15, -0.1) is 8.42 Å². The fraction of sp³-hybridized carbons (Fsp3) is 0. The van der Waals surface area contributed by atoms with Gasteiger partial charge in [-0.1, -0.05) is 0 Å². The molecule has 10 nitrogen and oxygen atoms in total. The maximum atomic E-state index is 10.3. The first kappa shape index (κ1) is 12.0. The van der Waals surface area contributed by atoms with Gasteiger partial charge in [-0.3, -0.25) is 8.37 Å². The molecule has 0 aromatic rings. The SMILES string of the molecule is O=C(O)OC(=O)OS(=O)(=O)OC(=O)O. The number of carboxylic acid groups (broad SMARTS) is 2. The number of hydrogen-bond donors (Lipinski definition) is 2. The van der Waals surface area contributed by atoms with E-state index in [4.69, 9.17) is 10.2 Å². The van der Waals surface area contributed by atoms with Gasteiger partial charge < -0.3 is 14.9 Å². The van der Waals surface area contributed by atoms with Crippen LogP contribution in [-0.4, -0.2) is 37.1 Å². The lowest BCUT2D eigenvalue weighted by Crippen LogP contribution is -2.20. The molecule has 0 unspecified atom stereocenters. The number of ether oxygens (including phenoxy) is 1. The van der Waals surface area contributed by atoms with E-state index in [-0.39, 0.29) is 0 Å². The predicted octanol–water partition coefficient (Wildman–Crippen LogP) is -0.243. The van der Waals surface area contributed by atoms with E-state index < -0.39 is 28.9 Å². The highest BCUT2D eigenvalue weighted by molar-refractivity contribution is 7.82. The smallest absolute Gasteiger partial charge is 0.449 e. The summed E-state index contributed by atoms with van der Waals surface area (Å²) in [4.78, 5) is 29.5. The Balaban J connectivity index is 4.30. The third kappa shape index (κ3) is 5.59. The van der Waals surface area contributed by atoms with E-state index in [0.717, 1.165) is 0 Å². The Hall–Kier alpha value is -2.04. The van der Waals surface area contributed by atoms with Crippen molar-refractivity contribution in [1.82, 2.24) is 0 Å². The second-order valence-corrected chi connectivity index (χ2v) is 2.61. The van der Waals surface area contributed by atoms with E-state index in [1.807, 2.05) is 0 Å². The first-order valence-corrected chi connectivity index (χ1v) is 3.88. The van der Waals surface area contributed by atoms with Gasteiger partial charge in [0.25, 0.3) is 0 Å². The number of hydrogen-bond acceptors (Lipinski definition) is 8. The van der Waals surface area contributed by atoms with Crippen LogP contribution in [0, 0.1) is 0 Å². The molecule has 0 radical (unpaired) electrons. The van der Waals surface area contributed by atoms with Crippen molar-refractivity contribution >= 4 is 28.9 Å². The molecule has 0 atom stereocenters. The van der Waals surface area contributed by atoms with Gasteiger partial charge in [0.2, 0.25) is 0 Å². The molecule has 0 saturated heterocycles. The van der Waals surface area contributed by atoms with Crippen LogP contribution in [0.2, 0.25) is 0 Å². The standard InChI is InChI=1S/C3H2O10S/c4-1(5)11-3(8)13-14(9,10)12-2(6)7/h(H,4,5)(H,6,7). The van der Waals surface area contributed by atoms with E-state index in [1.54, 1.807) is 0 Å². The molecule has 11 heteroatoms. The average Bonchev–Trinajstić information content (AvgIpc) is 1.77. The van der Waals surface area contributed by atoms with Crippen molar-refractivity contribution in [2.45, 2.75) is 0 Å². The lowest BCUT2D eigenvalue weighted by atomic mass is 11.3. The molecule has 0 aromatic heterocycles. The number of rotatable bonds is 2. The van der Waals surface area contributed by atoms with Crippen LogP contribution >= 0.6 is 0 Å². The topological polar surface area (TPSA) is 154 Å². The van der Waals surface area contributed by atoms with Crippen molar-refractivity contribution in [2.75, 3.05) is 0 Å². The minimum absolute atomic E-state index is 2.12. The van der Waals surface area contributed by atoms with E-state index in [9.17, 15) is 22.8 Å². The summed E-state index contributed by atoms with van der Waals surface area (Å²) in [7, 11) is -5.16. The van der Waals surface area contributed by atoms with Crippen molar-refractivity contribution in [3.8, 4) is 0 Å². The maximum Gasteiger partial charge on any atom is 0.536 e. The zero-order valence-electron chi connectivity index (χ0n) is 6.07. The van der Waals surface area contributed by atoms with Crippen molar-refractivity contribution in [2.24, 2.45) is 0 Å². The summed E-state index contributed by atoms with van der Waals surface area (Å²) in [5.74, 6) is 0. The normalized spacial score (nSPS) is 10.0. The fourth-order valence-electron chi connectivity index (χ4n) is 0.276. The molecule has 0 amide bonds. The lowest BCUT2D eigenvalue weighted by molar-refractivity contribution is 0.0817. The number of carbonyl (C=O) groups is 3. The molecule has 0 fully saturated rings. The molecule has 0 rings (SSSR count). The molecule has 2 N–H and O–H groups in total. The third-order valence-corrected chi connectivity index (χ3v) is 1.20. The molecule has 0 heterocycles. The molecule has 0 aromatic carbocycles. The fourth-order valence-corrected chi connectivity index (χ4v) is 0.685. The molecule has 0 aliphatic heterocycles. The molecule has 0 saturated carbocycles. The summed E-state index contributed by atoms with van der Waals surface area (Å²) in [5, 5.41) is 15.6. The molecule has 0 aliphatic carbocycles. The Morgan fingerprint density at radius 2 is 1.43 bits per heavy atom. The van der Waals surface area contributed by atoms with Crippen LogP contribution in [-0.2, 0) is 23.5 Å². The van der Waals surface area contributed by atoms with E-state index in [0.29, 0.717) is 0 Å². The highest BCUT2D eigenvalue weighted by Gasteiger charge is 2.25. The highest BCUT2D eigenvalue weighted by Crippen LogP contribution is 1.99. The lowest BCUT2D eigenvalue weighted by Gasteiger charge is -2.00. The second-order valence-electron chi connectivity index (χ2n) is 1.46. The van der Waals surface area contributed by atoms with Crippen LogP contribution in [0.15, 0.2) is 0 Å². The van der Waals surface area contributed by atoms with E-state index in [2.05, 4.69) is 13.1 Å². The van der Waals surface area contributed by atoms with Crippen molar-refractivity contribution in [3.63, 3.8) is 0 Å². The van der Waals surface area contributed by atoms with Gasteiger partial charge in [0.05, 0.1) is 0 Å². The molecular formula is C3H2O10S. The molecule has 0 aliphatic rings. The molecular weight excluding hydrogens is 228 g/mol. The van der Waals surface area contributed by atoms with Crippen LogP contribution in [0.3, 0.4) is 0 Å². The zero-order valence-corrected chi connectivity index (χ0v) is 6.89. The summed E-state index contributed by atoms with van der Waals surface area (Å²) in [6, 6.07) is 0. The van der Waals surface area contributed by atoms with Crippen molar-refractivity contribution in [1.29, 1.82) is 0 Å². The predicted molar refractivity (Wildman–Crippen MR) is 33.6 cm³/mol.